The molecule has 1 amide bonds. The van der Waals surface area contributed by atoms with Crippen LogP contribution < -0.4 is 19.5 Å². The summed E-state index contributed by atoms with van der Waals surface area (Å²) in [5.74, 6) is 1.28. The highest BCUT2D eigenvalue weighted by Crippen LogP contribution is 2.37. The standard InChI is InChI=1S/C26H32N4O7/c1-5-7-9-17(10-8-6-2)37-26(31)29-20-12-11-18(13-22(20)30(32)33)36-25-19-14-23(34-3)24(35-4)15-21(19)27-16-28-25/h11-17H,5-10H2,1-4H3,(H,29,31). The Kier molecular flexibility index (Phi) is 9.82. The zero-order valence-electron chi connectivity index (χ0n) is 21.5. The molecule has 11 heteroatoms. The van der Waals surface area contributed by atoms with Crippen molar-refractivity contribution in [1.82, 2.24) is 9.97 Å². The van der Waals surface area contributed by atoms with Crippen molar-refractivity contribution in [2.75, 3.05) is 19.5 Å². The predicted molar refractivity (Wildman–Crippen MR) is 139 cm³/mol. The number of hydrogen-bond acceptors (Lipinski definition) is 9. The summed E-state index contributed by atoms with van der Waals surface area (Å²) < 4.78 is 22.1. The van der Waals surface area contributed by atoms with Gasteiger partial charge in [-0.3, -0.25) is 15.4 Å². The number of rotatable bonds is 13. The van der Waals surface area contributed by atoms with Crippen LogP contribution in [-0.4, -0.2) is 41.3 Å². The molecule has 0 saturated heterocycles. The maximum atomic E-state index is 12.5. The van der Waals surface area contributed by atoms with Gasteiger partial charge in [0, 0.05) is 6.07 Å². The van der Waals surface area contributed by atoms with E-state index in [1.807, 2.05) is 0 Å². The molecule has 1 aromatic heterocycles. The molecule has 1 heterocycles. The SMILES string of the molecule is CCCCC(CCCC)OC(=O)Nc1ccc(Oc2ncnc3cc(OC)c(OC)cc23)cc1[N+](=O)[O-]. The predicted octanol–water partition coefficient (Wildman–Crippen LogP) is 6.65. The van der Waals surface area contributed by atoms with Gasteiger partial charge < -0.3 is 18.9 Å². The van der Waals surface area contributed by atoms with Crippen molar-refractivity contribution in [2.45, 2.75) is 58.5 Å². The van der Waals surface area contributed by atoms with E-state index in [1.54, 1.807) is 12.1 Å². The summed E-state index contributed by atoms with van der Waals surface area (Å²) in [6.07, 6.45) is 5.71. The lowest BCUT2D eigenvalue weighted by Crippen LogP contribution is -2.23. The Morgan fingerprint density at radius 1 is 1.03 bits per heavy atom. The molecule has 0 saturated carbocycles. The average Bonchev–Trinajstić information content (AvgIpc) is 2.90. The van der Waals surface area contributed by atoms with Crippen molar-refractivity contribution >= 4 is 28.4 Å². The van der Waals surface area contributed by atoms with E-state index in [0.29, 0.717) is 22.4 Å². The number of amides is 1. The number of carbonyl (C=O) groups is 1. The van der Waals surface area contributed by atoms with E-state index < -0.39 is 11.0 Å². The topological polar surface area (TPSA) is 135 Å². The Morgan fingerprint density at radius 2 is 1.70 bits per heavy atom. The number of unbranched alkanes of at least 4 members (excludes halogenated alkanes) is 2. The Balaban J connectivity index is 1.82. The van der Waals surface area contributed by atoms with Crippen molar-refractivity contribution in [1.29, 1.82) is 0 Å². The molecule has 0 spiro atoms. The van der Waals surface area contributed by atoms with Crippen LogP contribution in [-0.2, 0) is 4.74 Å². The highest BCUT2D eigenvalue weighted by molar-refractivity contribution is 5.89. The molecule has 0 aliphatic carbocycles. The maximum absolute atomic E-state index is 12.5. The Hall–Kier alpha value is -4.15. The number of methoxy groups -OCH3 is 2. The van der Waals surface area contributed by atoms with Crippen LogP contribution in [0, 0.1) is 10.1 Å². The molecule has 198 valence electrons. The zero-order valence-corrected chi connectivity index (χ0v) is 21.5. The second-order valence-corrected chi connectivity index (χ2v) is 8.38. The van der Waals surface area contributed by atoms with E-state index >= 15 is 0 Å². The third-order valence-corrected chi connectivity index (χ3v) is 5.75. The first kappa shape index (κ1) is 27.4. The fourth-order valence-electron chi connectivity index (χ4n) is 3.80. The van der Waals surface area contributed by atoms with Crippen LogP contribution in [0.25, 0.3) is 10.9 Å². The van der Waals surface area contributed by atoms with Gasteiger partial charge in [0.2, 0.25) is 5.88 Å². The van der Waals surface area contributed by atoms with Crippen molar-refractivity contribution in [3.63, 3.8) is 0 Å². The molecule has 0 aliphatic rings. The lowest BCUT2D eigenvalue weighted by atomic mass is 10.1. The van der Waals surface area contributed by atoms with Crippen LogP contribution >= 0.6 is 0 Å². The van der Waals surface area contributed by atoms with Gasteiger partial charge in [-0.2, -0.15) is 0 Å². The highest BCUT2D eigenvalue weighted by atomic mass is 16.6. The molecule has 3 aromatic rings. The third kappa shape index (κ3) is 7.18. The number of nitro groups is 1. The van der Waals surface area contributed by atoms with E-state index in [-0.39, 0.29) is 29.1 Å². The zero-order chi connectivity index (χ0) is 26.8. The molecule has 0 unspecified atom stereocenters. The van der Waals surface area contributed by atoms with Crippen LogP contribution in [0.4, 0.5) is 16.2 Å². The number of nitrogens with one attached hydrogen (secondary N) is 1. The number of nitro benzene ring substituents is 1. The van der Waals surface area contributed by atoms with E-state index in [9.17, 15) is 14.9 Å². The van der Waals surface area contributed by atoms with Gasteiger partial charge in [-0.1, -0.05) is 39.5 Å². The minimum Gasteiger partial charge on any atom is -0.493 e. The summed E-state index contributed by atoms with van der Waals surface area (Å²) in [6, 6.07) is 7.46. The van der Waals surface area contributed by atoms with Crippen LogP contribution in [0.15, 0.2) is 36.7 Å². The minimum absolute atomic E-state index is 0.00559. The van der Waals surface area contributed by atoms with E-state index in [0.717, 1.165) is 38.5 Å². The summed E-state index contributed by atoms with van der Waals surface area (Å²) in [5, 5.41) is 14.8. The van der Waals surface area contributed by atoms with Gasteiger partial charge >= 0.3 is 6.09 Å². The summed E-state index contributed by atoms with van der Waals surface area (Å²) >= 11 is 0. The average molecular weight is 513 g/mol. The van der Waals surface area contributed by atoms with Crippen molar-refractivity contribution < 1.29 is 28.7 Å². The normalized spacial score (nSPS) is 10.8. The number of carbonyl (C=O) groups excluding carboxylic acids is 1. The summed E-state index contributed by atoms with van der Waals surface area (Å²) in [5.41, 5.74) is 0.204. The lowest BCUT2D eigenvalue weighted by molar-refractivity contribution is -0.384. The summed E-state index contributed by atoms with van der Waals surface area (Å²) in [7, 11) is 3.02. The van der Waals surface area contributed by atoms with E-state index in [4.69, 9.17) is 18.9 Å². The molecule has 37 heavy (non-hydrogen) atoms. The number of nitrogens with zero attached hydrogens (tertiary/aromatic N) is 3. The summed E-state index contributed by atoms with van der Waals surface area (Å²) in [4.78, 5) is 32.1. The second kappa shape index (κ2) is 13.2. The molecule has 2 aromatic carbocycles. The minimum atomic E-state index is -0.725. The lowest BCUT2D eigenvalue weighted by Gasteiger charge is -2.18. The molecule has 1 N–H and O–H groups in total. The van der Waals surface area contributed by atoms with Gasteiger partial charge in [-0.25, -0.2) is 14.8 Å². The fourth-order valence-corrected chi connectivity index (χ4v) is 3.80. The Labute approximate surface area is 215 Å². The van der Waals surface area contributed by atoms with Gasteiger partial charge in [-0.05, 0) is 31.0 Å². The van der Waals surface area contributed by atoms with E-state index in [2.05, 4.69) is 29.1 Å². The molecule has 0 radical (unpaired) electrons. The quantitative estimate of drug-likeness (QED) is 0.197. The molecule has 0 fully saturated rings. The van der Waals surface area contributed by atoms with Gasteiger partial charge in [0.1, 0.15) is 23.9 Å². The number of aromatic nitrogens is 2. The Bertz CT molecular complexity index is 1230. The number of hydrogen-bond donors (Lipinski definition) is 1. The van der Waals surface area contributed by atoms with Crippen molar-refractivity contribution in [3.8, 4) is 23.1 Å². The number of anilines is 1. The van der Waals surface area contributed by atoms with Crippen molar-refractivity contribution in [3.05, 3.63) is 46.8 Å². The van der Waals surface area contributed by atoms with Crippen LogP contribution in [0.2, 0.25) is 0 Å². The molecule has 0 aliphatic heterocycles. The van der Waals surface area contributed by atoms with Crippen LogP contribution in [0.5, 0.6) is 23.1 Å². The van der Waals surface area contributed by atoms with E-state index in [1.165, 1.54) is 38.7 Å². The van der Waals surface area contributed by atoms with Gasteiger partial charge in [0.25, 0.3) is 5.69 Å². The van der Waals surface area contributed by atoms with Crippen LogP contribution in [0.1, 0.15) is 52.4 Å². The highest BCUT2D eigenvalue weighted by Gasteiger charge is 2.21. The summed E-state index contributed by atoms with van der Waals surface area (Å²) in [6.45, 7) is 4.14. The first-order valence-corrected chi connectivity index (χ1v) is 12.2. The molecule has 3 rings (SSSR count). The second-order valence-electron chi connectivity index (χ2n) is 8.38. The van der Waals surface area contributed by atoms with Crippen LogP contribution in [0.3, 0.4) is 0 Å². The Morgan fingerprint density at radius 3 is 2.32 bits per heavy atom. The van der Waals surface area contributed by atoms with Gasteiger partial charge in [-0.15, -0.1) is 0 Å². The monoisotopic (exact) mass is 512 g/mol. The molecule has 0 bridgehead atoms. The molecular formula is C26H32N4O7. The largest absolute Gasteiger partial charge is 0.493 e. The van der Waals surface area contributed by atoms with Gasteiger partial charge in [0.15, 0.2) is 11.5 Å². The third-order valence-electron chi connectivity index (χ3n) is 5.75. The first-order chi connectivity index (χ1) is 17.9. The maximum Gasteiger partial charge on any atom is 0.412 e. The molecule has 0 atom stereocenters. The van der Waals surface area contributed by atoms with Gasteiger partial charge in [0.05, 0.1) is 36.1 Å². The smallest absolute Gasteiger partial charge is 0.412 e. The number of benzene rings is 2. The molecular weight excluding hydrogens is 480 g/mol. The number of fused-ring (bicyclic) bond motifs is 1. The fraction of sp³-hybridized carbons (Fsp3) is 0.423. The van der Waals surface area contributed by atoms with Crippen molar-refractivity contribution in [2.24, 2.45) is 0 Å². The first-order valence-electron chi connectivity index (χ1n) is 12.2. The number of ether oxygens (including phenoxy) is 4. The molecule has 11 nitrogen and oxygen atoms in total.